The molecule has 2 rings (SSSR count). The fraction of sp³-hybridized carbons (Fsp3) is 0.909. The Morgan fingerprint density at radius 3 is 2.13 bits per heavy atom. The standard InChI is InChI=1S/C11H20N2S2/c14-11(15)13-8-6-12(7-9-13)10-4-2-1-3-5-10/h10H,1-9H2,(H,14,15)/p-1. The summed E-state index contributed by atoms with van der Waals surface area (Å²) in [5.41, 5.74) is 0. The quantitative estimate of drug-likeness (QED) is 0.511. The predicted molar refractivity (Wildman–Crippen MR) is 70.0 cm³/mol. The second kappa shape index (κ2) is 5.41. The molecule has 1 aliphatic carbocycles. The summed E-state index contributed by atoms with van der Waals surface area (Å²) in [5, 5.41) is 0. The third-order valence-electron chi connectivity index (χ3n) is 3.66. The largest absolute Gasteiger partial charge is 0.411 e. The third-order valence-corrected chi connectivity index (χ3v) is 4.18. The highest BCUT2D eigenvalue weighted by Crippen LogP contribution is 2.23. The van der Waals surface area contributed by atoms with Crippen molar-refractivity contribution < 1.29 is 0 Å². The molecule has 15 heavy (non-hydrogen) atoms. The smallest absolute Gasteiger partial charge is 0.0291 e. The summed E-state index contributed by atoms with van der Waals surface area (Å²) in [4.78, 5) is 4.80. The van der Waals surface area contributed by atoms with E-state index in [-0.39, 0.29) is 0 Å². The van der Waals surface area contributed by atoms with E-state index in [9.17, 15) is 0 Å². The van der Waals surface area contributed by atoms with Crippen molar-refractivity contribution in [3.05, 3.63) is 0 Å². The molecule has 1 saturated carbocycles. The van der Waals surface area contributed by atoms with Gasteiger partial charge in [0.2, 0.25) is 0 Å². The van der Waals surface area contributed by atoms with E-state index in [1.54, 1.807) is 0 Å². The molecule has 0 atom stereocenters. The molecule has 0 aromatic heterocycles. The second-order valence-corrected chi connectivity index (χ2v) is 5.61. The molecule has 1 aliphatic heterocycles. The molecule has 0 unspecified atom stereocenters. The first kappa shape index (κ1) is 11.6. The van der Waals surface area contributed by atoms with E-state index in [1.807, 2.05) is 0 Å². The SMILES string of the molecule is S=C([S-])N1CCN(C2CCCCC2)CC1. The molecule has 2 aliphatic rings. The van der Waals surface area contributed by atoms with E-state index in [1.165, 1.54) is 32.1 Å². The van der Waals surface area contributed by atoms with Gasteiger partial charge >= 0.3 is 0 Å². The molecule has 0 N–H and O–H groups in total. The number of hydrogen-bond donors (Lipinski definition) is 0. The van der Waals surface area contributed by atoms with Gasteiger partial charge in [0.25, 0.3) is 0 Å². The van der Waals surface area contributed by atoms with Crippen LogP contribution in [0.15, 0.2) is 0 Å². The molecule has 1 heterocycles. The summed E-state index contributed by atoms with van der Waals surface area (Å²) in [6.45, 7) is 4.39. The van der Waals surface area contributed by atoms with E-state index in [0.717, 1.165) is 32.2 Å². The first-order valence-corrected chi connectivity index (χ1v) is 6.79. The average molecular weight is 243 g/mol. The molecule has 0 bridgehead atoms. The molecular weight excluding hydrogens is 224 g/mol. The number of piperazine rings is 1. The summed E-state index contributed by atoms with van der Waals surface area (Å²) >= 11 is 10.1. The van der Waals surface area contributed by atoms with Crippen LogP contribution in [-0.2, 0) is 12.6 Å². The zero-order valence-electron chi connectivity index (χ0n) is 9.15. The molecule has 2 fully saturated rings. The zero-order chi connectivity index (χ0) is 10.7. The van der Waals surface area contributed by atoms with Crippen molar-refractivity contribution >= 4 is 29.2 Å². The molecule has 2 nitrogen and oxygen atoms in total. The minimum Gasteiger partial charge on any atom is -0.411 e. The molecule has 1 saturated heterocycles. The average Bonchev–Trinajstić information content (AvgIpc) is 2.30. The van der Waals surface area contributed by atoms with Gasteiger partial charge in [0.1, 0.15) is 0 Å². The van der Waals surface area contributed by atoms with Crippen LogP contribution in [0.2, 0.25) is 0 Å². The maximum Gasteiger partial charge on any atom is 0.0291 e. The number of nitrogens with zero attached hydrogens (tertiary/aromatic N) is 2. The van der Waals surface area contributed by atoms with Crippen molar-refractivity contribution in [1.82, 2.24) is 9.80 Å². The number of hydrogen-bond acceptors (Lipinski definition) is 3. The van der Waals surface area contributed by atoms with Gasteiger partial charge in [0.15, 0.2) is 0 Å². The van der Waals surface area contributed by atoms with Crippen LogP contribution in [0.5, 0.6) is 0 Å². The van der Waals surface area contributed by atoms with Gasteiger partial charge < -0.3 is 29.7 Å². The van der Waals surface area contributed by atoms with E-state index < -0.39 is 0 Å². The molecule has 0 radical (unpaired) electrons. The van der Waals surface area contributed by atoms with Crippen molar-refractivity contribution in [1.29, 1.82) is 0 Å². The minimum absolute atomic E-state index is 0.651. The highest BCUT2D eigenvalue weighted by atomic mass is 32.1. The summed E-state index contributed by atoms with van der Waals surface area (Å²) in [5.74, 6) is 0. The Bertz CT molecular complexity index is 219. The van der Waals surface area contributed by atoms with Crippen LogP contribution >= 0.6 is 12.2 Å². The van der Waals surface area contributed by atoms with Crippen LogP contribution in [0.25, 0.3) is 0 Å². The molecule has 0 aromatic rings. The fourth-order valence-electron chi connectivity index (χ4n) is 2.72. The number of rotatable bonds is 1. The molecule has 4 heteroatoms. The lowest BCUT2D eigenvalue weighted by atomic mass is 9.94. The van der Waals surface area contributed by atoms with E-state index in [4.69, 9.17) is 24.8 Å². The maximum absolute atomic E-state index is 5.03. The first-order chi connectivity index (χ1) is 7.27. The Morgan fingerprint density at radius 2 is 1.60 bits per heavy atom. The van der Waals surface area contributed by atoms with Gasteiger partial charge in [-0.25, -0.2) is 0 Å². The summed E-state index contributed by atoms with van der Waals surface area (Å²) in [6, 6.07) is 0.847. The second-order valence-electron chi connectivity index (χ2n) is 4.58. The lowest BCUT2D eigenvalue weighted by Gasteiger charge is -2.42. The van der Waals surface area contributed by atoms with Crippen LogP contribution in [0, 0.1) is 0 Å². The highest BCUT2D eigenvalue weighted by Gasteiger charge is 2.24. The summed E-state index contributed by atoms with van der Waals surface area (Å²) < 4.78 is 0.651. The monoisotopic (exact) mass is 243 g/mol. The summed E-state index contributed by atoms with van der Waals surface area (Å²) in [7, 11) is 0. The molecule has 86 valence electrons. The van der Waals surface area contributed by atoms with Crippen molar-refractivity contribution in [2.75, 3.05) is 26.2 Å². The van der Waals surface area contributed by atoms with E-state index in [0.29, 0.717) is 4.32 Å². The van der Waals surface area contributed by atoms with Crippen molar-refractivity contribution in [2.24, 2.45) is 0 Å². The van der Waals surface area contributed by atoms with Crippen molar-refractivity contribution in [3.63, 3.8) is 0 Å². The normalized spacial score (nSPS) is 25.5. The lowest BCUT2D eigenvalue weighted by molar-refractivity contribution is 0.109. The van der Waals surface area contributed by atoms with Crippen molar-refractivity contribution in [3.8, 4) is 0 Å². The molecule has 0 spiro atoms. The Morgan fingerprint density at radius 1 is 1.00 bits per heavy atom. The Kier molecular flexibility index (Phi) is 4.17. The predicted octanol–water partition coefficient (Wildman–Crippen LogP) is 1.77. The van der Waals surface area contributed by atoms with Gasteiger partial charge in [-0.2, -0.15) is 0 Å². The first-order valence-electron chi connectivity index (χ1n) is 5.97. The van der Waals surface area contributed by atoms with Crippen LogP contribution < -0.4 is 0 Å². The Labute approximate surface area is 103 Å². The maximum atomic E-state index is 5.03. The molecular formula is C11H19N2S2-. The van der Waals surface area contributed by atoms with Gasteiger partial charge in [0.05, 0.1) is 0 Å². The highest BCUT2D eigenvalue weighted by molar-refractivity contribution is 8.00. The third kappa shape index (κ3) is 3.02. The Balaban J connectivity index is 1.79. The van der Waals surface area contributed by atoms with Crippen LogP contribution in [-0.4, -0.2) is 46.3 Å². The number of thiocarbonyl (C=S) groups is 1. The van der Waals surface area contributed by atoms with Gasteiger partial charge in [-0.3, -0.25) is 4.90 Å². The van der Waals surface area contributed by atoms with Gasteiger partial charge in [0, 0.05) is 32.2 Å². The van der Waals surface area contributed by atoms with Gasteiger partial charge in [-0.15, -0.1) is 0 Å². The van der Waals surface area contributed by atoms with Crippen LogP contribution in [0.1, 0.15) is 32.1 Å². The van der Waals surface area contributed by atoms with Crippen LogP contribution in [0.3, 0.4) is 0 Å². The van der Waals surface area contributed by atoms with Crippen LogP contribution in [0.4, 0.5) is 0 Å². The lowest BCUT2D eigenvalue weighted by Crippen LogP contribution is -2.51. The zero-order valence-corrected chi connectivity index (χ0v) is 10.8. The Hall–Kier alpha value is 0.0700. The van der Waals surface area contributed by atoms with E-state index >= 15 is 0 Å². The molecule has 0 aromatic carbocycles. The van der Waals surface area contributed by atoms with Gasteiger partial charge in [-0.1, -0.05) is 23.6 Å². The fourth-order valence-corrected chi connectivity index (χ4v) is 3.08. The summed E-state index contributed by atoms with van der Waals surface area (Å²) in [6.07, 6.45) is 7.08. The van der Waals surface area contributed by atoms with Crippen molar-refractivity contribution in [2.45, 2.75) is 38.1 Å². The topological polar surface area (TPSA) is 6.48 Å². The minimum atomic E-state index is 0.651. The van der Waals surface area contributed by atoms with Gasteiger partial charge in [-0.05, 0) is 12.8 Å². The van der Waals surface area contributed by atoms with E-state index in [2.05, 4.69) is 9.80 Å². The molecule has 0 amide bonds.